The highest BCUT2D eigenvalue weighted by Gasteiger charge is 2.06. The summed E-state index contributed by atoms with van der Waals surface area (Å²) in [7, 11) is 0. The Labute approximate surface area is 100 Å². The van der Waals surface area contributed by atoms with Crippen LogP contribution in [0, 0.1) is 0 Å². The molecule has 0 atom stereocenters. The average molecular weight is 228 g/mol. The zero-order valence-electron chi connectivity index (χ0n) is 9.48. The molecule has 0 fully saturated rings. The van der Waals surface area contributed by atoms with E-state index in [1.165, 1.54) is 0 Å². The first-order valence-electron chi connectivity index (χ1n) is 5.34. The lowest BCUT2D eigenvalue weighted by atomic mass is 10.0. The van der Waals surface area contributed by atoms with Crippen molar-refractivity contribution in [2.45, 2.75) is 6.42 Å². The third kappa shape index (κ3) is 2.42. The fraction of sp³-hybridized carbons (Fsp3) is 0.0769. The fourth-order valence-electron chi connectivity index (χ4n) is 1.79. The van der Waals surface area contributed by atoms with Crippen molar-refractivity contribution in [2.75, 3.05) is 22.9 Å². The van der Waals surface area contributed by atoms with Crippen LogP contribution in [-0.4, -0.2) is 0 Å². The molecule has 4 heteroatoms. The summed E-state index contributed by atoms with van der Waals surface area (Å²) in [5.74, 6) is 0. The molecule has 2 aromatic rings. The van der Waals surface area contributed by atoms with Crippen LogP contribution in [0.3, 0.4) is 0 Å². The number of hydrogen-bond acceptors (Lipinski definition) is 4. The van der Waals surface area contributed by atoms with Crippen molar-refractivity contribution in [3.63, 3.8) is 0 Å². The molecule has 0 saturated carbocycles. The zero-order chi connectivity index (χ0) is 12.4. The van der Waals surface area contributed by atoms with E-state index < -0.39 is 0 Å². The summed E-state index contributed by atoms with van der Waals surface area (Å²) >= 11 is 0. The van der Waals surface area contributed by atoms with Crippen LogP contribution >= 0.6 is 0 Å². The maximum atomic E-state index is 5.92. The van der Waals surface area contributed by atoms with Gasteiger partial charge in [-0.2, -0.15) is 0 Å². The number of rotatable bonds is 2. The van der Waals surface area contributed by atoms with Gasteiger partial charge in [0.25, 0.3) is 0 Å². The molecule has 17 heavy (non-hydrogen) atoms. The molecule has 2 rings (SSSR count). The summed E-state index contributed by atoms with van der Waals surface area (Å²) in [4.78, 5) is 0. The first-order chi connectivity index (χ1) is 8.06. The van der Waals surface area contributed by atoms with E-state index in [0.29, 0.717) is 23.5 Å². The van der Waals surface area contributed by atoms with Gasteiger partial charge in [-0.15, -0.1) is 0 Å². The maximum absolute atomic E-state index is 5.92. The van der Waals surface area contributed by atoms with Crippen molar-refractivity contribution >= 4 is 22.7 Å². The van der Waals surface area contributed by atoms with E-state index in [1.807, 2.05) is 24.3 Å². The van der Waals surface area contributed by atoms with Crippen LogP contribution in [0.4, 0.5) is 22.7 Å². The zero-order valence-corrected chi connectivity index (χ0v) is 9.48. The molecule has 2 aromatic carbocycles. The maximum Gasteiger partial charge on any atom is 0.0391 e. The lowest BCUT2D eigenvalue weighted by Gasteiger charge is -2.10. The van der Waals surface area contributed by atoms with Gasteiger partial charge in [0, 0.05) is 34.7 Å². The molecule has 88 valence electrons. The van der Waals surface area contributed by atoms with Gasteiger partial charge in [0.15, 0.2) is 0 Å². The van der Waals surface area contributed by atoms with Gasteiger partial charge < -0.3 is 22.9 Å². The lowest BCUT2D eigenvalue weighted by Crippen LogP contribution is -2.03. The molecule has 0 heterocycles. The SMILES string of the molecule is Nc1ccc(Cc2c(N)cc(N)cc2N)cc1. The van der Waals surface area contributed by atoms with E-state index in [9.17, 15) is 0 Å². The molecule has 0 bridgehead atoms. The second-order valence-corrected chi connectivity index (χ2v) is 4.10. The summed E-state index contributed by atoms with van der Waals surface area (Å²) in [5.41, 5.74) is 27.7. The number of nitrogen functional groups attached to an aromatic ring is 4. The minimum absolute atomic E-state index is 0.584. The molecular weight excluding hydrogens is 212 g/mol. The van der Waals surface area contributed by atoms with Crippen LogP contribution in [0.5, 0.6) is 0 Å². The van der Waals surface area contributed by atoms with Crippen LogP contribution in [0.15, 0.2) is 36.4 Å². The molecule has 0 aliphatic rings. The highest BCUT2D eigenvalue weighted by Crippen LogP contribution is 2.26. The molecule has 4 nitrogen and oxygen atoms in total. The summed E-state index contributed by atoms with van der Waals surface area (Å²) in [6.07, 6.45) is 0.679. The highest BCUT2D eigenvalue weighted by atomic mass is 14.7. The Bertz CT molecular complexity index is 509. The second kappa shape index (κ2) is 4.25. The van der Waals surface area contributed by atoms with Gasteiger partial charge >= 0.3 is 0 Å². The highest BCUT2D eigenvalue weighted by molar-refractivity contribution is 5.69. The van der Waals surface area contributed by atoms with Crippen LogP contribution in [0.2, 0.25) is 0 Å². The van der Waals surface area contributed by atoms with Crippen molar-refractivity contribution in [2.24, 2.45) is 0 Å². The van der Waals surface area contributed by atoms with Crippen molar-refractivity contribution in [1.29, 1.82) is 0 Å². The summed E-state index contributed by atoms with van der Waals surface area (Å²) < 4.78 is 0. The molecule has 0 aliphatic carbocycles. The number of hydrogen-bond donors (Lipinski definition) is 4. The third-order valence-electron chi connectivity index (χ3n) is 2.70. The molecule has 0 saturated heterocycles. The van der Waals surface area contributed by atoms with Crippen molar-refractivity contribution in [1.82, 2.24) is 0 Å². The molecule has 8 N–H and O–H groups in total. The normalized spacial score (nSPS) is 10.4. The predicted octanol–water partition coefficient (Wildman–Crippen LogP) is 1.61. The Balaban J connectivity index is 2.33. The standard InChI is InChI=1S/C13H16N4/c14-9-3-1-8(2-4-9)5-11-12(16)6-10(15)7-13(11)17/h1-4,6-7H,5,14-17H2. The lowest BCUT2D eigenvalue weighted by molar-refractivity contribution is 1.20. The van der Waals surface area contributed by atoms with Crippen molar-refractivity contribution in [3.05, 3.63) is 47.5 Å². The Morgan fingerprint density at radius 3 is 1.76 bits per heavy atom. The third-order valence-corrected chi connectivity index (χ3v) is 2.70. The van der Waals surface area contributed by atoms with E-state index in [-0.39, 0.29) is 0 Å². The van der Waals surface area contributed by atoms with Crippen molar-refractivity contribution in [3.8, 4) is 0 Å². The topological polar surface area (TPSA) is 104 Å². The number of nitrogens with two attached hydrogens (primary N) is 4. The number of anilines is 4. The van der Waals surface area contributed by atoms with Crippen LogP contribution in [0.1, 0.15) is 11.1 Å². The summed E-state index contributed by atoms with van der Waals surface area (Å²) in [5, 5.41) is 0. The van der Waals surface area contributed by atoms with E-state index in [2.05, 4.69) is 0 Å². The van der Waals surface area contributed by atoms with E-state index in [0.717, 1.165) is 16.8 Å². The van der Waals surface area contributed by atoms with E-state index in [1.54, 1.807) is 12.1 Å². The second-order valence-electron chi connectivity index (χ2n) is 4.10. The largest absolute Gasteiger partial charge is 0.399 e. The van der Waals surface area contributed by atoms with Gasteiger partial charge in [0.1, 0.15) is 0 Å². The van der Waals surface area contributed by atoms with Gasteiger partial charge in [0.05, 0.1) is 0 Å². The molecule has 0 amide bonds. The molecular formula is C13H16N4. The van der Waals surface area contributed by atoms with Gasteiger partial charge in [-0.25, -0.2) is 0 Å². The Morgan fingerprint density at radius 1 is 0.706 bits per heavy atom. The van der Waals surface area contributed by atoms with Crippen LogP contribution < -0.4 is 22.9 Å². The Morgan fingerprint density at radius 2 is 1.24 bits per heavy atom. The average Bonchev–Trinajstić information content (AvgIpc) is 2.26. The predicted molar refractivity (Wildman–Crippen MR) is 73.3 cm³/mol. The fourth-order valence-corrected chi connectivity index (χ4v) is 1.79. The number of benzene rings is 2. The Hall–Kier alpha value is -2.36. The quantitative estimate of drug-likeness (QED) is 0.586. The monoisotopic (exact) mass is 228 g/mol. The summed E-state index contributed by atoms with van der Waals surface area (Å²) in [6.45, 7) is 0. The van der Waals surface area contributed by atoms with Crippen molar-refractivity contribution < 1.29 is 0 Å². The van der Waals surface area contributed by atoms with E-state index >= 15 is 0 Å². The molecule has 0 unspecified atom stereocenters. The van der Waals surface area contributed by atoms with Gasteiger partial charge in [-0.05, 0) is 29.8 Å². The minimum atomic E-state index is 0.584. The Kier molecular flexibility index (Phi) is 2.78. The molecule has 0 spiro atoms. The minimum Gasteiger partial charge on any atom is -0.399 e. The first-order valence-corrected chi connectivity index (χ1v) is 5.34. The smallest absolute Gasteiger partial charge is 0.0391 e. The first kappa shape index (κ1) is 11.1. The molecule has 0 radical (unpaired) electrons. The van der Waals surface area contributed by atoms with Gasteiger partial charge in [-0.3, -0.25) is 0 Å². The molecule has 0 aromatic heterocycles. The van der Waals surface area contributed by atoms with E-state index in [4.69, 9.17) is 22.9 Å². The van der Waals surface area contributed by atoms with Crippen LogP contribution in [-0.2, 0) is 6.42 Å². The summed E-state index contributed by atoms with van der Waals surface area (Å²) in [6, 6.07) is 11.1. The molecule has 0 aliphatic heterocycles. The van der Waals surface area contributed by atoms with Gasteiger partial charge in [0.2, 0.25) is 0 Å². The van der Waals surface area contributed by atoms with Crippen LogP contribution in [0.25, 0.3) is 0 Å². The van der Waals surface area contributed by atoms with Gasteiger partial charge in [-0.1, -0.05) is 12.1 Å².